The molecule has 5 heteroatoms. The van der Waals surface area contributed by atoms with Crippen molar-refractivity contribution in [2.45, 2.75) is 6.54 Å². The lowest BCUT2D eigenvalue weighted by Gasteiger charge is -2.10. The minimum atomic E-state index is -0.190. The molecule has 4 rings (SSSR count). The Morgan fingerprint density at radius 1 is 1.12 bits per heavy atom. The maximum Gasteiger partial charge on any atom is 0.272 e. The van der Waals surface area contributed by atoms with Gasteiger partial charge in [-0.2, -0.15) is 0 Å². The van der Waals surface area contributed by atoms with Gasteiger partial charge in [0, 0.05) is 24.9 Å². The maximum atomic E-state index is 12.7. The van der Waals surface area contributed by atoms with Crippen LogP contribution in [0.4, 0.5) is 5.69 Å². The van der Waals surface area contributed by atoms with E-state index in [-0.39, 0.29) is 5.91 Å². The normalized spacial score (nSPS) is 10.8. The van der Waals surface area contributed by atoms with Gasteiger partial charge in [0.15, 0.2) is 5.58 Å². The Morgan fingerprint density at radius 2 is 2.00 bits per heavy atom. The summed E-state index contributed by atoms with van der Waals surface area (Å²) in [5.41, 5.74) is 3.92. The highest BCUT2D eigenvalue weighted by Gasteiger charge is 2.18. The van der Waals surface area contributed by atoms with Crippen molar-refractivity contribution in [1.29, 1.82) is 0 Å². The fourth-order valence-electron chi connectivity index (χ4n) is 2.73. The van der Waals surface area contributed by atoms with Gasteiger partial charge in [-0.3, -0.25) is 9.78 Å². The predicted octanol–water partition coefficient (Wildman–Crippen LogP) is 3.93. The topological polar surface area (TPSA) is 60.1 Å². The summed E-state index contributed by atoms with van der Waals surface area (Å²) in [6.45, 7) is 0.597. The summed E-state index contributed by atoms with van der Waals surface area (Å²) in [5.74, 6) is -0.190. The Bertz CT molecular complexity index is 972. The molecule has 3 aromatic heterocycles. The Morgan fingerprint density at radius 3 is 2.79 bits per heavy atom. The number of furan rings is 1. The van der Waals surface area contributed by atoms with Gasteiger partial charge >= 0.3 is 0 Å². The number of anilines is 1. The van der Waals surface area contributed by atoms with Crippen molar-refractivity contribution >= 4 is 22.7 Å². The van der Waals surface area contributed by atoms with E-state index in [4.69, 9.17) is 4.42 Å². The van der Waals surface area contributed by atoms with Gasteiger partial charge in [-0.15, -0.1) is 0 Å². The van der Waals surface area contributed by atoms with Crippen molar-refractivity contribution in [3.63, 3.8) is 0 Å². The summed E-state index contributed by atoms with van der Waals surface area (Å²) in [5, 5.41) is 2.87. The smallest absolute Gasteiger partial charge is 0.272 e. The number of carbonyl (C=O) groups excluding carboxylic acids is 1. The molecule has 1 amide bonds. The van der Waals surface area contributed by atoms with E-state index in [0.29, 0.717) is 23.5 Å². The van der Waals surface area contributed by atoms with Gasteiger partial charge in [0.05, 0.1) is 23.7 Å². The molecule has 0 unspecified atom stereocenters. The quantitative estimate of drug-likeness (QED) is 0.620. The van der Waals surface area contributed by atoms with Crippen LogP contribution in [0.1, 0.15) is 16.1 Å². The number of fused-ring (bicyclic) bond motifs is 1. The molecule has 0 saturated carbocycles. The highest BCUT2D eigenvalue weighted by Crippen LogP contribution is 2.23. The first-order valence-corrected chi connectivity index (χ1v) is 7.63. The number of hydrogen-bond acceptors (Lipinski definition) is 3. The van der Waals surface area contributed by atoms with Crippen LogP contribution < -0.4 is 5.32 Å². The fourth-order valence-corrected chi connectivity index (χ4v) is 2.73. The monoisotopic (exact) mass is 317 g/mol. The third kappa shape index (κ3) is 2.67. The van der Waals surface area contributed by atoms with Gasteiger partial charge in [-0.1, -0.05) is 30.3 Å². The lowest BCUT2D eigenvalue weighted by atomic mass is 10.2. The van der Waals surface area contributed by atoms with Gasteiger partial charge < -0.3 is 14.3 Å². The first-order chi connectivity index (χ1) is 11.8. The van der Waals surface area contributed by atoms with E-state index in [2.05, 4.69) is 10.3 Å². The van der Waals surface area contributed by atoms with Gasteiger partial charge in [0.25, 0.3) is 5.91 Å². The predicted molar refractivity (Wildman–Crippen MR) is 91.9 cm³/mol. The summed E-state index contributed by atoms with van der Waals surface area (Å²) in [6.07, 6.45) is 4.92. The van der Waals surface area contributed by atoms with Gasteiger partial charge in [-0.25, -0.2) is 0 Å². The minimum Gasteiger partial charge on any atom is -0.463 e. The first kappa shape index (κ1) is 14.3. The van der Waals surface area contributed by atoms with Gasteiger partial charge in [0.1, 0.15) is 5.69 Å². The van der Waals surface area contributed by atoms with Gasteiger partial charge in [-0.05, 0) is 17.7 Å². The summed E-state index contributed by atoms with van der Waals surface area (Å²) in [6, 6.07) is 17.3. The number of nitrogens with one attached hydrogen (secondary N) is 1. The van der Waals surface area contributed by atoms with E-state index in [1.165, 1.54) is 0 Å². The standard InChI is InChI=1S/C19H15N3O2/c23-19(21-15-7-4-9-20-12-15)17-11-18-16(8-10-24-18)22(17)13-14-5-2-1-3-6-14/h1-12H,13H2,(H,21,23). The molecule has 0 fully saturated rings. The van der Waals surface area contributed by atoms with E-state index in [1.807, 2.05) is 41.0 Å². The molecule has 1 N–H and O–H groups in total. The maximum absolute atomic E-state index is 12.7. The van der Waals surface area contributed by atoms with Crippen molar-refractivity contribution in [2.75, 3.05) is 5.32 Å². The van der Waals surface area contributed by atoms with Crippen LogP contribution in [0.2, 0.25) is 0 Å². The second-order valence-corrected chi connectivity index (χ2v) is 5.47. The molecule has 1 aromatic carbocycles. The Kier molecular flexibility index (Phi) is 3.59. The molecule has 0 bridgehead atoms. The number of carbonyl (C=O) groups is 1. The zero-order valence-corrected chi connectivity index (χ0v) is 12.8. The summed E-state index contributed by atoms with van der Waals surface area (Å²) in [4.78, 5) is 16.7. The molecule has 0 aliphatic rings. The third-order valence-electron chi connectivity index (χ3n) is 3.86. The molecule has 0 radical (unpaired) electrons. The average Bonchev–Trinajstić information content (AvgIpc) is 3.19. The van der Waals surface area contributed by atoms with Crippen LogP contribution in [0.25, 0.3) is 11.1 Å². The SMILES string of the molecule is O=C(Nc1cccnc1)c1cc2occc2n1Cc1ccccc1. The Hall–Kier alpha value is -3.34. The average molecular weight is 317 g/mol. The van der Waals surface area contributed by atoms with E-state index < -0.39 is 0 Å². The molecule has 0 aliphatic carbocycles. The lowest BCUT2D eigenvalue weighted by Crippen LogP contribution is -2.17. The number of rotatable bonds is 4. The van der Waals surface area contributed by atoms with E-state index >= 15 is 0 Å². The highest BCUT2D eigenvalue weighted by molar-refractivity contribution is 6.05. The minimum absolute atomic E-state index is 0.190. The van der Waals surface area contributed by atoms with Crippen LogP contribution in [0, 0.1) is 0 Å². The van der Waals surface area contributed by atoms with E-state index in [9.17, 15) is 4.79 Å². The molecule has 0 spiro atoms. The molecular formula is C19H15N3O2. The van der Waals surface area contributed by atoms with Crippen LogP contribution >= 0.6 is 0 Å². The van der Waals surface area contributed by atoms with Crippen LogP contribution in [0.5, 0.6) is 0 Å². The van der Waals surface area contributed by atoms with E-state index in [1.54, 1.807) is 36.9 Å². The number of aromatic nitrogens is 2. The number of nitrogens with zero attached hydrogens (tertiary/aromatic N) is 2. The van der Waals surface area contributed by atoms with Crippen LogP contribution in [-0.4, -0.2) is 15.5 Å². The van der Waals surface area contributed by atoms with Crippen LogP contribution in [0.3, 0.4) is 0 Å². The number of pyridine rings is 1. The largest absolute Gasteiger partial charge is 0.463 e. The highest BCUT2D eigenvalue weighted by atomic mass is 16.3. The third-order valence-corrected chi connectivity index (χ3v) is 3.86. The van der Waals surface area contributed by atoms with E-state index in [0.717, 1.165) is 11.1 Å². The number of benzene rings is 1. The van der Waals surface area contributed by atoms with Crippen LogP contribution in [-0.2, 0) is 6.54 Å². The summed E-state index contributed by atoms with van der Waals surface area (Å²) >= 11 is 0. The number of hydrogen-bond donors (Lipinski definition) is 1. The zero-order valence-electron chi connectivity index (χ0n) is 12.8. The summed E-state index contributed by atoms with van der Waals surface area (Å²) < 4.78 is 7.42. The Balaban J connectivity index is 1.71. The van der Waals surface area contributed by atoms with Crippen molar-refractivity contribution in [1.82, 2.24) is 9.55 Å². The number of amides is 1. The molecule has 4 aromatic rings. The van der Waals surface area contributed by atoms with Crippen molar-refractivity contribution in [2.24, 2.45) is 0 Å². The molecule has 0 saturated heterocycles. The Labute approximate surface area is 138 Å². The second kappa shape index (κ2) is 6.04. The van der Waals surface area contributed by atoms with Crippen molar-refractivity contribution in [3.05, 3.63) is 84.5 Å². The second-order valence-electron chi connectivity index (χ2n) is 5.47. The first-order valence-electron chi connectivity index (χ1n) is 7.63. The molecular weight excluding hydrogens is 302 g/mol. The zero-order chi connectivity index (χ0) is 16.4. The lowest BCUT2D eigenvalue weighted by molar-refractivity contribution is 0.101. The molecule has 0 aliphatic heterocycles. The van der Waals surface area contributed by atoms with Crippen LogP contribution in [0.15, 0.2) is 77.7 Å². The fraction of sp³-hybridized carbons (Fsp3) is 0.0526. The molecule has 24 heavy (non-hydrogen) atoms. The molecule has 0 atom stereocenters. The van der Waals surface area contributed by atoms with Gasteiger partial charge in [0.2, 0.25) is 0 Å². The molecule has 5 nitrogen and oxygen atoms in total. The van der Waals surface area contributed by atoms with Crippen molar-refractivity contribution in [3.8, 4) is 0 Å². The van der Waals surface area contributed by atoms with Crippen molar-refractivity contribution < 1.29 is 9.21 Å². The summed E-state index contributed by atoms with van der Waals surface area (Å²) in [7, 11) is 0. The molecule has 3 heterocycles. The molecule has 118 valence electrons.